The molecule has 1 N–H and O–H groups in total. The third-order valence-corrected chi connectivity index (χ3v) is 1.85. The molecule has 0 radical (unpaired) electrons. The summed E-state index contributed by atoms with van der Waals surface area (Å²) < 4.78 is 9.68. The van der Waals surface area contributed by atoms with Gasteiger partial charge in [-0.25, -0.2) is 9.78 Å². The fourth-order valence-electron chi connectivity index (χ4n) is 0.988. The Hall–Kier alpha value is -1.49. The molecule has 0 saturated carbocycles. The van der Waals surface area contributed by atoms with Gasteiger partial charge in [0.15, 0.2) is 5.75 Å². The number of aromatic nitrogens is 1. The lowest BCUT2D eigenvalue weighted by Gasteiger charge is -2.09. The minimum atomic E-state index is -1.19. The molecule has 1 rings (SSSR count). The highest BCUT2D eigenvalue weighted by Crippen LogP contribution is 2.33. The molecule has 0 aliphatic carbocycles. The van der Waals surface area contributed by atoms with Crippen LogP contribution in [0.1, 0.15) is 10.4 Å². The third kappa shape index (κ3) is 1.72. The van der Waals surface area contributed by atoms with E-state index < -0.39 is 5.97 Å². The van der Waals surface area contributed by atoms with Gasteiger partial charge in [-0.15, -0.1) is 0 Å². The maximum Gasteiger partial charge on any atom is 0.341 e. The van der Waals surface area contributed by atoms with E-state index in [1.807, 2.05) is 0 Å². The molecule has 0 atom stereocenters. The van der Waals surface area contributed by atoms with Crippen molar-refractivity contribution in [3.63, 3.8) is 0 Å². The Bertz CT molecular complexity index is 367. The summed E-state index contributed by atoms with van der Waals surface area (Å²) in [5.74, 6) is -1.07. The first-order valence-electron chi connectivity index (χ1n) is 3.61. The highest BCUT2D eigenvalue weighted by Gasteiger charge is 2.20. The predicted molar refractivity (Wildman–Crippen MR) is 49.3 cm³/mol. The van der Waals surface area contributed by atoms with E-state index in [1.54, 1.807) is 0 Å². The molecule has 1 aromatic rings. The summed E-state index contributed by atoms with van der Waals surface area (Å²) >= 11 is 5.65. The van der Waals surface area contributed by atoms with Crippen LogP contribution in [0.4, 0.5) is 0 Å². The van der Waals surface area contributed by atoms with E-state index in [9.17, 15) is 4.79 Å². The molecule has 0 aromatic carbocycles. The fraction of sp³-hybridized carbons (Fsp3) is 0.250. The van der Waals surface area contributed by atoms with Gasteiger partial charge in [0, 0.05) is 0 Å². The van der Waals surface area contributed by atoms with E-state index in [1.165, 1.54) is 20.4 Å². The second-order valence-corrected chi connectivity index (χ2v) is 2.74. The SMILES string of the molecule is COc1ncc(Cl)c(C(=O)O)c1OC. The maximum absolute atomic E-state index is 10.8. The zero-order valence-electron chi connectivity index (χ0n) is 7.57. The van der Waals surface area contributed by atoms with Crippen molar-refractivity contribution in [1.29, 1.82) is 0 Å². The molecule has 1 heterocycles. The van der Waals surface area contributed by atoms with Crippen molar-refractivity contribution in [2.75, 3.05) is 14.2 Å². The Kier molecular flexibility index (Phi) is 3.14. The second-order valence-electron chi connectivity index (χ2n) is 2.33. The molecule has 1 aromatic heterocycles. The van der Waals surface area contributed by atoms with Crippen LogP contribution in [0.15, 0.2) is 6.20 Å². The Labute approximate surface area is 85.2 Å². The lowest BCUT2D eigenvalue weighted by atomic mass is 10.2. The van der Waals surface area contributed by atoms with Gasteiger partial charge >= 0.3 is 5.97 Å². The summed E-state index contributed by atoms with van der Waals surface area (Å²) in [7, 11) is 2.69. The summed E-state index contributed by atoms with van der Waals surface area (Å²) in [5, 5.41) is 8.86. The van der Waals surface area contributed by atoms with Crippen molar-refractivity contribution in [1.82, 2.24) is 4.98 Å². The Balaban J connectivity index is 3.42. The van der Waals surface area contributed by atoms with E-state index in [0.717, 1.165) is 0 Å². The molecule has 6 heteroatoms. The maximum atomic E-state index is 10.8. The van der Waals surface area contributed by atoms with Crippen molar-refractivity contribution in [2.45, 2.75) is 0 Å². The van der Waals surface area contributed by atoms with Gasteiger partial charge in [0.1, 0.15) is 5.56 Å². The number of nitrogens with zero attached hydrogens (tertiary/aromatic N) is 1. The molecule has 0 bridgehead atoms. The third-order valence-electron chi connectivity index (χ3n) is 1.57. The molecule has 76 valence electrons. The number of rotatable bonds is 3. The molecular weight excluding hydrogens is 210 g/mol. The number of methoxy groups -OCH3 is 2. The molecule has 0 saturated heterocycles. The standard InChI is InChI=1S/C8H8ClNO4/c1-13-6-5(8(11)12)4(9)3-10-7(6)14-2/h3H,1-2H3,(H,11,12). The molecular formula is C8H8ClNO4. The smallest absolute Gasteiger partial charge is 0.341 e. The van der Waals surface area contributed by atoms with Crippen LogP contribution in [0.5, 0.6) is 11.6 Å². The number of hydrogen-bond acceptors (Lipinski definition) is 4. The van der Waals surface area contributed by atoms with Crippen molar-refractivity contribution in [3.8, 4) is 11.6 Å². The van der Waals surface area contributed by atoms with Crippen LogP contribution in [0.3, 0.4) is 0 Å². The number of hydrogen-bond donors (Lipinski definition) is 1. The largest absolute Gasteiger partial charge is 0.491 e. The van der Waals surface area contributed by atoms with Gasteiger partial charge in [-0.1, -0.05) is 11.6 Å². The number of carbonyl (C=O) groups is 1. The lowest BCUT2D eigenvalue weighted by molar-refractivity contribution is 0.0692. The number of carboxylic acid groups (broad SMARTS) is 1. The zero-order chi connectivity index (χ0) is 10.7. The van der Waals surface area contributed by atoms with Crippen molar-refractivity contribution >= 4 is 17.6 Å². The van der Waals surface area contributed by atoms with Crippen LogP contribution in [-0.4, -0.2) is 30.3 Å². The quantitative estimate of drug-likeness (QED) is 0.830. The van der Waals surface area contributed by atoms with E-state index in [0.29, 0.717) is 0 Å². The highest BCUT2D eigenvalue weighted by molar-refractivity contribution is 6.33. The normalized spacial score (nSPS) is 9.64. The molecule has 14 heavy (non-hydrogen) atoms. The molecule has 5 nitrogen and oxygen atoms in total. The first-order chi connectivity index (χ1) is 6.61. The number of aromatic carboxylic acids is 1. The zero-order valence-corrected chi connectivity index (χ0v) is 8.33. The lowest BCUT2D eigenvalue weighted by Crippen LogP contribution is -2.04. The van der Waals surface area contributed by atoms with E-state index >= 15 is 0 Å². The van der Waals surface area contributed by atoms with Gasteiger partial charge < -0.3 is 14.6 Å². The minimum absolute atomic E-state index is 0.00940. The van der Waals surface area contributed by atoms with E-state index in [-0.39, 0.29) is 22.2 Å². The van der Waals surface area contributed by atoms with E-state index in [4.69, 9.17) is 26.2 Å². The summed E-state index contributed by atoms with van der Waals surface area (Å²) in [5.41, 5.74) is -0.152. The molecule has 0 fully saturated rings. The molecule has 0 amide bonds. The summed E-state index contributed by atoms with van der Waals surface area (Å²) in [6, 6.07) is 0. The average Bonchev–Trinajstić information content (AvgIpc) is 2.16. The Morgan fingerprint density at radius 3 is 2.57 bits per heavy atom. The predicted octanol–water partition coefficient (Wildman–Crippen LogP) is 1.45. The van der Waals surface area contributed by atoms with Crippen molar-refractivity contribution in [2.24, 2.45) is 0 Å². The monoisotopic (exact) mass is 217 g/mol. The van der Waals surface area contributed by atoms with Crippen molar-refractivity contribution < 1.29 is 19.4 Å². The van der Waals surface area contributed by atoms with Crippen LogP contribution in [0, 0.1) is 0 Å². The van der Waals surface area contributed by atoms with Crippen molar-refractivity contribution in [3.05, 3.63) is 16.8 Å². The van der Waals surface area contributed by atoms with Gasteiger partial charge in [0.2, 0.25) is 0 Å². The van der Waals surface area contributed by atoms with Crippen LogP contribution < -0.4 is 9.47 Å². The number of carboxylic acids is 1. The average molecular weight is 218 g/mol. The fourth-order valence-corrected chi connectivity index (χ4v) is 1.20. The second kappa shape index (κ2) is 4.15. The molecule has 0 unspecified atom stereocenters. The van der Waals surface area contributed by atoms with Crippen LogP contribution in [-0.2, 0) is 0 Å². The summed E-state index contributed by atoms with van der Waals surface area (Å²) in [4.78, 5) is 14.6. The van der Waals surface area contributed by atoms with Gasteiger partial charge in [-0.3, -0.25) is 0 Å². The van der Waals surface area contributed by atoms with Crippen LogP contribution in [0.25, 0.3) is 0 Å². The van der Waals surface area contributed by atoms with Crippen LogP contribution in [0.2, 0.25) is 5.02 Å². The minimum Gasteiger partial charge on any atom is -0.491 e. The van der Waals surface area contributed by atoms with Gasteiger partial charge in [0.25, 0.3) is 5.88 Å². The van der Waals surface area contributed by atoms with Gasteiger partial charge in [-0.05, 0) is 0 Å². The Morgan fingerprint density at radius 2 is 2.14 bits per heavy atom. The Morgan fingerprint density at radius 1 is 1.50 bits per heavy atom. The first kappa shape index (κ1) is 10.6. The van der Waals surface area contributed by atoms with Crippen LogP contribution >= 0.6 is 11.6 Å². The first-order valence-corrected chi connectivity index (χ1v) is 3.99. The highest BCUT2D eigenvalue weighted by atomic mass is 35.5. The van der Waals surface area contributed by atoms with Gasteiger partial charge in [0.05, 0.1) is 25.4 Å². The van der Waals surface area contributed by atoms with Gasteiger partial charge in [-0.2, -0.15) is 0 Å². The number of ether oxygens (including phenoxy) is 2. The van der Waals surface area contributed by atoms with E-state index in [2.05, 4.69) is 4.98 Å². The number of halogens is 1. The summed E-state index contributed by atoms with van der Waals surface area (Å²) in [6.45, 7) is 0. The number of pyridine rings is 1. The summed E-state index contributed by atoms with van der Waals surface area (Å²) in [6.07, 6.45) is 1.20. The molecule has 0 aliphatic heterocycles. The molecule has 0 spiro atoms. The topological polar surface area (TPSA) is 68.7 Å². The molecule has 0 aliphatic rings.